The highest BCUT2D eigenvalue weighted by molar-refractivity contribution is 9.10. The lowest BCUT2D eigenvalue weighted by atomic mass is 10.2. The van der Waals surface area contributed by atoms with Gasteiger partial charge in [-0.2, -0.15) is 0 Å². The van der Waals surface area contributed by atoms with Crippen molar-refractivity contribution in [1.82, 2.24) is 9.13 Å². The second-order valence-electron chi connectivity index (χ2n) is 3.28. The maximum Gasteiger partial charge on any atom is 0.330 e. The summed E-state index contributed by atoms with van der Waals surface area (Å²) in [6, 6.07) is 0. The molecule has 5 nitrogen and oxygen atoms in total. The molecular weight excluding hydrogens is 264 g/mol. The lowest BCUT2D eigenvalue weighted by Crippen LogP contribution is -2.40. The Morgan fingerprint density at radius 3 is 2.40 bits per heavy atom. The predicted molar refractivity (Wildman–Crippen MR) is 59.6 cm³/mol. The molecule has 1 aromatic rings. The first-order valence-corrected chi connectivity index (χ1v) is 5.22. The molecule has 0 fully saturated rings. The highest BCUT2D eigenvalue weighted by Crippen LogP contribution is 2.04. The van der Waals surface area contributed by atoms with Crippen LogP contribution in [0.25, 0.3) is 0 Å². The summed E-state index contributed by atoms with van der Waals surface area (Å²) < 4.78 is 2.13. The van der Waals surface area contributed by atoms with Crippen molar-refractivity contribution >= 4 is 21.7 Å². The van der Waals surface area contributed by atoms with Crippen LogP contribution < -0.4 is 11.2 Å². The topological polar surface area (TPSA) is 61.1 Å². The van der Waals surface area contributed by atoms with Gasteiger partial charge in [0.1, 0.15) is 5.56 Å². The van der Waals surface area contributed by atoms with Gasteiger partial charge in [0.15, 0.2) is 5.78 Å². The number of halogens is 1. The molecule has 82 valence electrons. The predicted octanol–water partition coefficient (Wildman–Crippen LogP) is 0.0501. The summed E-state index contributed by atoms with van der Waals surface area (Å²) in [5, 5.41) is 0. The van der Waals surface area contributed by atoms with Gasteiger partial charge in [-0.3, -0.25) is 14.2 Å². The van der Waals surface area contributed by atoms with Crippen molar-refractivity contribution in [3.05, 3.63) is 32.6 Å². The van der Waals surface area contributed by atoms with Gasteiger partial charge < -0.3 is 4.57 Å². The van der Waals surface area contributed by atoms with E-state index in [1.165, 1.54) is 24.9 Å². The zero-order valence-electron chi connectivity index (χ0n) is 8.65. The van der Waals surface area contributed by atoms with Crippen LogP contribution in [0.3, 0.4) is 0 Å². The van der Waals surface area contributed by atoms with Crippen molar-refractivity contribution in [3.8, 4) is 0 Å². The molecule has 0 N–H and O–H groups in total. The molecule has 1 unspecified atom stereocenters. The standard InChI is InChI=1S/C9H11BrN2O3/c1-5(10)7(13)6-4-11(2)9(15)12(3)8(6)14/h4-5H,1-3H3. The van der Waals surface area contributed by atoms with Gasteiger partial charge in [-0.05, 0) is 6.92 Å². The van der Waals surface area contributed by atoms with Crippen LogP contribution in [0.1, 0.15) is 17.3 Å². The summed E-state index contributed by atoms with van der Waals surface area (Å²) >= 11 is 3.09. The Balaban J connectivity index is 3.53. The fourth-order valence-corrected chi connectivity index (χ4v) is 1.44. The number of aryl methyl sites for hydroxylation is 1. The van der Waals surface area contributed by atoms with E-state index >= 15 is 0 Å². The Labute approximate surface area is 94.5 Å². The van der Waals surface area contributed by atoms with Crippen LogP contribution in [0.15, 0.2) is 15.8 Å². The highest BCUT2D eigenvalue weighted by atomic mass is 79.9. The number of nitrogens with zero attached hydrogens (tertiary/aromatic N) is 2. The SMILES string of the molecule is CC(Br)C(=O)c1cn(C)c(=O)n(C)c1=O. The normalized spacial score (nSPS) is 12.5. The number of aromatic nitrogens is 2. The average Bonchev–Trinajstić information content (AvgIpc) is 2.19. The zero-order valence-corrected chi connectivity index (χ0v) is 10.2. The van der Waals surface area contributed by atoms with E-state index in [-0.39, 0.29) is 11.3 Å². The molecule has 0 spiro atoms. The number of Topliss-reactive ketones (excluding diaryl/α,β-unsaturated/α-hetero) is 1. The Kier molecular flexibility index (Phi) is 3.28. The summed E-state index contributed by atoms with van der Waals surface area (Å²) in [4.78, 5) is 34.1. The van der Waals surface area contributed by atoms with Crippen LogP contribution >= 0.6 is 15.9 Å². The van der Waals surface area contributed by atoms with E-state index in [0.29, 0.717) is 0 Å². The molecule has 0 aromatic carbocycles. The minimum Gasteiger partial charge on any atom is -0.303 e. The molecule has 1 rings (SSSR count). The second kappa shape index (κ2) is 4.14. The van der Waals surface area contributed by atoms with Crippen LogP contribution in [0.5, 0.6) is 0 Å². The number of carbonyl (C=O) groups is 1. The molecule has 0 aliphatic heterocycles. The number of hydrogen-bond donors (Lipinski definition) is 0. The van der Waals surface area contributed by atoms with Crippen LogP contribution in [0.2, 0.25) is 0 Å². The molecule has 15 heavy (non-hydrogen) atoms. The van der Waals surface area contributed by atoms with Gasteiger partial charge in [0, 0.05) is 20.3 Å². The van der Waals surface area contributed by atoms with E-state index in [1.54, 1.807) is 6.92 Å². The van der Waals surface area contributed by atoms with Gasteiger partial charge in [-0.25, -0.2) is 4.79 Å². The van der Waals surface area contributed by atoms with Crippen LogP contribution in [0.4, 0.5) is 0 Å². The smallest absolute Gasteiger partial charge is 0.303 e. The lowest BCUT2D eigenvalue weighted by molar-refractivity contribution is 0.0993. The van der Waals surface area contributed by atoms with Crippen LogP contribution in [-0.2, 0) is 14.1 Å². The molecule has 1 atom stereocenters. The Morgan fingerprint density at radius 2 is 1.93 bits per heavy atom. The van der Waals surface area contributed by atoms with Crippen molar-refractivity contribution in [2.24, 2.45) is 14.1 Å². The number of rotatable bonds is 2. The molecule has 1 aromatic heterocycles. The van der Waals surface area contributed by atoms with Gasteiger partial charge in [-0.15, -0.1) is 0 Å². The molecule has 0 bridgehead atoms. The van der Waals surface area contributed by atoms with Crippen molar-refractivity contribution < 1.29 is 4.79 Å². The van der Waals surface area contributed by atoms with Gasteiger partial charge in [-0.1, -0.05) is 15.9 Å². The molecule has 6 heteroatoms. The first-order valence-electron chi connectivity index (χ1n) is 4.31. The van der Waals surface area contributed by atoms with Crippen molar-refractivity contribution in [3.63, 3.8) is 0 Å². The summed E-state index contributed by atoms with van der Waals surface area (Å²) in [7, 11) is 2.85. The maximum atomic E-state index is 11.6. The third kappa shape index (κ3) is 2.09. The highest BCUT2D eigenvalue weighted by Gasteiger charge is 2.18. The van der Waals surface area contributed by atoms with Gasteiger partial charge in [0.2, 0.25) is 0 Å². The maximum absolute atomic E-state index is 11.6. The number of hydrogen-bond acceptors (Lipinski definition) is 3. The molecule has 0 aliphatic carbocycles. The van der Waals surface area contributed by atoms with Crippen molar-refractivity contribution in [1.29, 1.82) is 0 Å². The molecule has 0 radical (unpaired) electrons. The summed E-state index contributed by atoms with van der Waals surface area (Å²) in [6.07, 6.45) is 1.27. The molecule has 0 amide bonds. The summed E-state index contributed by atoms with van der Waals surface area (Å²) in [5.41, 5.74) is -0.989. The molecule has 0 saturated carbocycles. The fraction of sp³-hybridized carbons (Fsp3) is 0.444. The van der Waals surface area contributed by atoms with E-state index in [9.17, 15) is 14.4 Å². The first-order chi connectivity index (χ1) is 6.86. The minimum atomic E-state index is -0.561. The Bertz CT molecular complexity index is 513. The molecular formula is C9H11BrN2O3. The fourth-order valence-electron chi connectivity index (χ4n) is 1.19. The zero-order chi connectivity index (χ0) is 11.7. The number of alkyl halides is 1. The third-order valence-corrected chi connectivity index (χ3v) is 2.49. The number of carbonyl (C=O) groups excluding carboxylic acids is 1. The molecule has 0 aliphatic rings. The average molecular weight is 275 g/mol. The largest absolute Gasteiger partial charge is 0.330 e. The molecule has 0 saturated heterocycles. The van der Waals surface area contributed by atoms with Crippen molar-refractivity contribution in [2.75, 3.05) is 0 Å². The van der Waals surface area contributed by atoms with E-state index in [4.69, 9.17) is 0 Å². The summed E-state index contributed by atoms with van der Waals surface area (Å²) in [5.74, 6) is -0.328. The van der Waals surface area contributed by atoms with Gasteiger partial charge in [0.25, 0.3) is 5.56 Å². The van der Waals surface area contributed by atoms with Crippen molar-refractivity contribution in [2.45, 2.75) is 11.8 Å². The summed E-state index contributed by atoms with van der Waals surface area (Å²) in [6.45, 7) is 1.63. The first kappa shape index (κ1) is 11.9. The second-order valence-corrected chi connectivity index (χ2v) is 4.65. The number of ketones is 1. The monoisotopic (exact) mass is 274 g/mol. The lowest BCUT2D eigenvalue weighted by Gasteiger charge is -2.06. The quantitative estimate of drug-likeness (QED) is 0.566. The minimum absolute atomic E-state index is 0.0176. The van der Waals surface area contributed by atoms with Gasteiger partial charge >= 0.3 is 5.69 Å². The third-order valence-electron chi connectivity index (χ3n) is 2.07. The Morgan fingerprint density at radius 1 is 1.40 bits per heavy atom. The van der Waals surface area contributed by atoms with E-state index in [1.807, 2.05) is 0 Å². The van der Waals surface area contributed by atoms with E-state index < -0.39 is 16.1 Å². The van der Waals surface area contributed by atoms with Crippen LogP contribution in [0, 0.1) is 0 Å². The van der Waals surface area contributed by atoms with E-state index in [2.05, 4.69) is 15.9 Å². The molecule has 1 heterocycles. The van der Waals surface area contributed by atoms with Gasteiger partial charge in [0.05, 0.1) is 4.83 Å². The van der Waals surface area contributed by atoms with Crippen LogP contribution in [-0.4, -0.2) is 19.7 Å². The Hall–Kier alpha value is -1.17. The van der Waals surface area contributed by atoms with E-state index in [0.717, 1.165) is 4.57 Å².